The Labute approximate surface area is 171 Å². The number of carbonyl (C=O) groups excluding carboxylic acids is 3. The lowest BCUT2D eigenvalue weighted by molar-refractivity contribution is -0.143. The van der Waals surface area contributed by atoms with Crippen molar-refractivity contribution in [2.45, 2.75) is 44.5 Å². The van der Waals surface area contributed by atoms with Gasteiger partial charge in [0.2, 0.25) is 0 Å². The number of methoxy groups -OCH3 is 1. The number of ketones is 1. The highest BCUT2D eigenvalue weighted by Gasteiger charge is 2.48. The second kappa shape index (κ2) is 11.0. The number of ether oxygens (including phenoxy) is 2. The van der Waals surface area contributed by atoms with E-state index >= 15 is 0 Å². The van der Waals surface area contributed by atoms with E-state index < -0.39 is 39.1 Å². The van der Waals surface area contributed by atoms with Gasteiger partial charge < -0.3 is 13.7 Å². The molecule has 0 fully saturated rings. The van der Waals surface area contributed by atoms with Crippen molar-refractivity contribution in [3.63, 3.8) is 0 Å². The maximum Gasteiger partial charge on any atom is 0.534 e. The molecule has 0 N–H and O–H groups in total. The van der Waals surface area contributed by atoms with Gasteiger partial charge in [0, 0.05) is 24.8 Å². The second-order valence-corrected chi connectivity index (χ2v) is 7.50. The van der Waals surface area contributed by atoms with Crippen LogP contribution in [-0.4, -0.2) is 45.4 Å². The molecule has 0 heterocycles. The van der Waals surface area contributed by atoms with Crippen LogP contribution in [0.4, 0.5) is 13.2 Å². The highest BCUT2D eigenvalue weighted by Crippen LogP contribution is 2.30. The molecular weight excluding hydrogens is 433 g/mol. The first kappa shape index (κ1) is 25.4. The maximum absolute atomic E-state index is 12.6. The van der Waals surface area contributed by atoms with Crippen molar-refractivity contribution in [2.75, 3.05) is 13.7 Å². The van der Waals surface area contributed by atoms with Crippen molar-refractivity contribution in [3.05, 3.63) is 29.3 Å². The number of esters is 2. The molecule has 1 rings (SSSR count). The summed E-state index contributed by atoms with van der Waals surface area (Å²) in [5.41, 5.74) is -5.67. The molecule has 1 aromatic rings. The molecule has 0 aromatic heterocycles. The summed E-state index contributed by atoms with van der Waals surface area (Å²) in [4.78, 5) is 34.9. The molecule has 12 heteroatoms. The highest BCUT2D eigenvalue weighted by molar-refractivity contribution is 7.88. The number of benzene rings is 1. The van der Waals surface area contributed by atoms with Crippen molar-refractivity contribution in [2.24, 2.45) is 0 Å². The van der Waals surface area contributed by atoms with E-state index in [9.17, 15) is 36.0 Å². The zero-order valence-electron chi connectivity index (χ0n) is 16.3. The SMILES string of the molecule is CCOC(=O)CCc1cc(C(=O)CCCC(=O)OC)ccc1OS(=O)(=O)C(F)(F)F. The largest absolute Gasteiger partial charge is 0.534 e. The lowest BCUT2D eigenvalue weighted by Gasteiger charge is -2.14. The number of carbonyl (C=O) groups is 3. The third-order valence-electron chi connectivity index (χ3n) is 3.78. The third kappa shape index (κ3) is 7.65. The van der Waals surface area contributed by atoms with E-state index in [2.05, 4.69) is 8.92 Å². The minimum Gasteiger partial charge on any atom is -0.469 e. The molecule has 30 heavy (non-hydrogen) atoms. The molecule has 0 saturated heterocycles. The zero-order valence-corrected chi connectivity index (χ0v) is 17.1. The number of hydrogen-bond acceptors (Lipinski definition) is 8. The fourth-order valence-electron chi connectivity index (χ4n) is 2.30. The standard InChI is InChI=1S/C18H21F3O8S/c1-3-28-17(24)10-8-13-11-12(14(22)5-4-6-16(23)27-2)7-9-15(13)29-30(25,26)18(19,20)21/h7,9,11H,3-6,8,10H2,1-2H3. The molecule has 0 aliphatic rings. The van der Waals surface area contributed by atoms with Crippen LogP contribution in [0.2, 0.25) is 0 Å². The Balaban J connectivity index is 3.09. The number of halogens is 3. The van der Waals surface area contributed by atoms with Gasteiger partial charge in [-0.2, -0.15) is 21.6 Å². The van der Waals surface area contributed by atoms with Crippen LogP contribution in [0, 0.1) is 0 Å². The molecule has 0 aliphatic heterocycles. The Morgan fingerprint density at radius 2 is 1.70 bits per heavy atom. The minimum atomic E-state index is -5.93. The molecule has 0 saturated carbocycles. The number of hydrogen-bond donors (Lipinski definition) is 0. The number of rotatable bonds is 11. The van der Waals surface area contributed by atoms with E-state index in [1.807, 2.05) is 0 Å². The lowest BCUT2D eigenvalue weighted by atomic mass is 10.00. The van der Waals surface area contributed by atoms with Gasteiger partial charge in [0.1, 0.15) is 5.75 Å². The summed E-state index contributed by atoms with van der Waals surface area (Å²) in [6, 6.07) is 3.17. The second-order valence-electron chi connectivity index (χ2n) is 5.96. The first-order chi connectivity index (χ1) is 13.9. The topological polar surface area (TPSA) is 113 Å². The minimum absolute atomic E-state index is 0.00295. The van der Waals surface area contributed by atoms with Gasteiger partial charge >= 0.3 is 27.6 Å². The molecule has 1 aromatic carbocycles. The smallest absolute Gasteiger partial charge is 0.469 e. The third-order valence-corrected chi connectivity index (χ3v) is 4.75. The van der Waals surface area contributed by atoms with Crippen LogP contribution in [0.1, 0.15) is 48.5 Å². The summed E-state index contributed by atoms with van der Waals surface area (Å²) in [6.07, 6.45) is -0.345. The first-order valence-electron chi connectivity index (χ1n) is 8.80. The van der Waals surface area contributed by atoms with E-state index in [0.717, 1.165) is 18.2 Å². The van der Waals surface area contributed by atoms with Gasteiger partial charge in [-0.25, -0.2) is 0 Å². The Hall–Kier alpha value is -2.63. The molecule has 0 radical (unpaired) electrons. The van der Waals surface area contributed by atoms with Crippen molar-refractivity contribution in [3.8, 4) is 5.75 Å². The average molecular weight is 454 g/mol. The fraction of sp³-hybridized carbons (Fsp3) is 0.500. The van der Waals surface area contributed by atoms with Gasteiger partial charge in [-0.15, -0.1) is 0 Å². The predicted molar refractivity (Wildman–Crippen MR) is 97.2 cm³/mol. The van der Waals surface area contributed by atoms with Crippen molar-refractivity contribution in [1.29, 1.82) is 0 Å². The average Bonchev–Trinajstić information content (AvgIpc) is 2.66. The van der Waals surface area contributed by atoms with Gasteiger partial charge in [0.15, 0.2) is 5.78 Å². The number of aryl methyl sites for hydroxylation is 1. The molecule has 0 atom stereocenters. The summed E-state index contributed by atoms with van der Waals surface area (Å²) in [7, 11) is -4.73. The van der Waals surface area contributed by atoms with E-state index in [0.29, 0.717) is 0 Å². The van der Waals surface area contributed by atoms with Crippen molar-refractivity contribution in [1.82, 2.24) is 0 Å². The zero-order chi connectivity index (χ0) is 22.9. The van der Waals surface area contributed by atoms with Crippen LogP contribution in [-0.2, 0) is 35.6 Å². The highest BCUT2D eigenvalue weighted by atomic mass is 32.2. The summed E-state index contributed by atoms with van der Waals surface area (Å²) in [5.74, 6) is -2.24. The van der Waals surface area contributed by atoms with Crippen LogP contribution in [0.25, 0.3) is 0 Å². The normalized spacial score (nSPS) is 11.6. The number of Topliss-reactive ketones (excluding diaryl/α,β-unsaturated/α-hetero) is 1. The van der Waals surface area contributed by atoms with E-state index in [-0.39, 0.29) is 49.8 Å². The molecule has 0 spiro atoms. The van der Waals surface area contributed by atoms with Crippen molar-refractivity contribution >= 4 is 27.8 Å². The Morgan fingerprint density at radius 3 is 2.27 bits per heavy atom. The van der Waals surface area contributed by atoms with Crippen LogP contribution in [0.3, 0.4) is 0 Å². The molecule has 0 unspecified atom stereocenters. The van der Waals surface area contributed by atoms with E-state index in [1.54, 1.807) is 6.92 Å². The summed E-state index contributed by atoms with van der Waals surface area (Å²) in [6.45, 7) is 1.65. The molecular formula is C18H21F3O8S. The fourth-order valence-corrected chi connectivity index (χ4v) is 2.80. The molecule has 0 bridgehead atoms. The Morgan fingerprint density at radius 1 is 1.03 bits per heavy atom. The van der Waals surface area contributed by atoms with Crippen LogP contribution in [0.5, 0.6) is 5.75 Å². The van der Waals surface area contributed by atoms with Crippen LogP contribution < -0.4 is 4.18 Å². The van der Waals surface area contributed by atoms with Crippen LogP contribution in [0.15, 0.2) is 18.2 Å². The molecule has 0 amide bonds. The van der Waals surface area contributed by atoms with Crippen molar-refractivity contribution < 1.29 is 49.6 Å². The molecule has 0 aliphatic carbocycles. The van der Waals surface area contributed by atoms with Gasteiger partial charge in [-0.3, -0.25) is 14.4 Å². The quantitative estimate of drug-likeness (QED) is 0.217. The monoisotopic (exact) mass is 454 g/mol. The van der Waals surface area contributed by atoms with Gasteiger partial charge in [-0.05, 0) is 43.5 Å². The van der Waals surface area contributed by atoms with Gasteiger partial charge in [0.05, 0.1) is 13.7 Å². The first-order valence-corrected chi connectivity index (χ1v) is 10.2. The maximum atomic E-state index is 12.6. The summed E-state index contributed by atoms with van der Waals surface area (Å²) < 4.78 is 73.9. The number of alkyl halides is 3. The van der Waals surface area contributed by atoms with Gasteiger partial charge in [0.25, 0.3) is 0 Å². The Bertz CT molecular complexity index is 878. The summed E-state index contributed by atoms with van der Waals surface area (Å²) in [5, 5.41) is 0. The molecule has 8 nitrogen and oxygen atoms in total. The van der Waals surface area contributed by atoms with E-state index in [4.69, 9.17) is 4.74 Å². The molecule has 168 valence electrons. The van der Waals surface area contributed by atoms with E-state index in [1.165, 1.54) is 7.11 Å². The summed E-state index contributed by atoms with van der Waals surface area (Å²) >= 11 is 0. The lowest BCUT2D eigenvalue weighted by Crippen LogP contribution is -2.28. The Kier molecular flexibility index (Phi) is 9.27. The predicted octanol–water partition coefficient (Wildman–Crippen LogP) is 2.94. The van der Waals surface area contributed by atoms with Crippen LogP contribution >= 0.6 is 0 Å². The van der Waals surface area contributed by atoms with Gasteiger partial charge in [-0.1, -0.05) is 0 Å².